The minimum atomic E-state index is -3.53. The third-order valence-corrected chi connectivity index (χ3v) is 13.0. The summed E-state index contributed by atoms with van der Waals surface area (Å²) in [5.41, 5.74) is 0.845. The molecule has 0 radical (unpaired) electrons. The van der Waals surface area contributed by atoms with Gasteiger partial charge in [0, 0.05) is 0 Å². The Balaban J connectivity index is 1.50. The zero-order chi connectivity index (χ0) is 34.6. The van der Waals surface area contributed by atoms with Crippen LogP contribution in [0.1, 0.15) is 96.0 Å². The molecule has 0 unspecified atom stereocenters. The highest BCUT2D eigenvalue weighted by Crippen LogP contribution is 2.30. The molecular weight excluding hydrogens is 634 g/mol. The number of sulfone groups is 1. The van der Waals surface area contributed by atoms with Crippen molar-refractivity contribution in [1.82, 2.24) is 10.6 Å². The van der Waals surface area contributed by atoms with Gasteiger partial charge in [-0.05, 0) is 43.6 Å². The summed E-state index contributed by atoms with van der Waals surface area (Å²) in [6.07, 6.45) is 7.88. The van der Waals surface area contributed by atoms with E-state index < -0.39 is 61.8 Å². The number of aliphatic hydroxyl groups is 2. The molecule has 5 atom stereocenters. The number of hydrogen-bond donors (Lipinski definition) is 4. The maximum atomic E-state index is 14.0. The van der Waals surface area contributed by atoms with Crippen molar-refractivity contribution in [1.29, 1.82) is 0 Å². The number of nitrogens with zero attached hydrogens (tertiary/aromatic N) is 1. The van der Waals surface area contributed by atoms with Crippen LogP contribution in [-0.2, 0) is 30.6 Å². The van der Waals surface area contributed by atoms with Crippen molar-refractivity contribution in [2.45, 2.75) is 126 Å². The van der Waals surface area contributed by atoms with Crippen molar-refractivity contribution >= 4 is 21.7 Å². The molecule has 3 fully saturated rings. The van der Waals surface area contributed by atoms with Gasteiger partial charge in [0.2, 0.25) is 11.8 Å². The Kier molecular flexibility index (Phi) is 15.1. The molecule has 4 rings (SSSR count). The van der Waals surface area contributed by atoms with Crippen molar-refractivity contribution in [3.8, 4) is 0 Å². The average Bonchev–Trinajstić information content (AvgIpc) is 3.63. The Hall–Kier alpha value is -2.09. The number of carbonyl (C=O) groups is 2. The predicted octanol–water partition coefficient (Wildman–Crippen LogP) is 3.40. The molecule has 12 heteroatoms. The lowest BCUT2D eigenvalue weighted by atomic mass is 9.83. The first-order chi connectivity index (χ1) is 23.0. The quantitative estimate of drug-likeness (QED) is 0.134. The maximum absolute atomic E-state index is 14.0. The van der Waals surface area contributed by atoms with E-state index in [-0.39, 0.29) is 37.7 Å². The fraction of sp³-hybridized carbons (Fsp3) is 0.778. The first kappa shape index (κ1) is 38.7. The largest absolute Gasteiger partial charge is 0.633 e. The Labute approximate surface area is 287 Å². The second kappa shape index (κ2) is 18.8. The highest BCUT2D eigenvalue weighted by molar-refractivity contribution is 7.92. The summed E-state index contributed by atoms with van der Waals surface area (Å²) < 4.78 is 31.5. The van der Waals surface area contributed by atoms with E-state index in [4.69, 9.17) is 4.74 Å². The molecule has 0 bridgehead atoms. The summed E-state index contributed by atoms with van der Waals surface area (Å²) in [4.78, 5) is 27.9. The molecule has 3 aliphatic rings. The van der Waals surface area contributed by atoms with Crippen LogP contribution in [0.5, 0.6) is 0 Å². The van der Waals surface area contributed by atoms with Gasteiger partial charge in [0.15, 0.2) is 9.84 Å². The number of carbonyl (C=O) groups excluding carboxylic acids is 2. The van der Waals surface area contributed by atoms with E-state index in [2.05, 4.69) is 10.6 Å². The van der Waals surface area contributed by atoms with Crippen LogP contribution >= 0.6 is 0 Å². The van der Waals surface area contributed by atoms with Gasteiger partial charge >= 0.3 is 0 Å². The van der Waals surface area contributed by atoms with E-state index in [1.54, 1.807) is 0 Å². The van der Waals surface area contributed by atoms with Crippen LogP contribution in [0.4, 0.5) is 0 Å². The SMILES string of the molecule is CCCC[C@H](NC(=O)[C@H](Cc1ccccc1)CS(=O)(=O)C1CCCC1)C(=O)N[C@@H](CC1CCCCC1)[C@@H](O)[C@@H](O)C[N+]1([O-])CCOCC1. The van der Waals surface area contributed by atoms with Gasteiger partial charge in [-0.1, -0.05) is 95.0 Å². The second-order valence-electron chi connectivity index (χ2n) is 14.5. The molecule has 1 aromatic rings. The van der Waals surface area contributed by atoms with Gasteiger partial charge < -0.3 is 35.4 Å². The summed E-state index contributed by atoms with van der Waals surface area (Å²) in [6, 6.07) is 7.57. The van der Waals surface area contributed by atoms with Crippen LogP contribution in [0.15, 0.2) is 30.3 Å². The Morgan fingerprint density at radius 3 is 2.25 bits per heavy atom. The zero-order valence-electron chi connectivity index (χ0n) is 28.8. The highest BCUT2D eigenvalue weighted by Gasteiger charge is 2.38. The smallest absolute Gasteiger partial charge is 0.242 e. The van der Waals surface area contributed by atoms with Crippen molar-refractivity contribution in [3.05, 3.63) is 41.1 Å². The molecule has 2 amide bonds. The monoisotopic (exact) mass is 693 g/mol. The average molecular weight is 694 g/mol. The molecule has 272 valence electrons. The Morgan fingerprint density at radius 2 is 1.60 bits per heavy atom. The molecule has 11 nitrogen and oxygen atoms in total. The number of nitrogens with one attached hydrogen (secondary N) is 2. The topological polar surface area (TPSA) is 165 Å². The number of hydrogen-bond acceptors (Lipinski definition) is 8. The molecule has 0 aromatic heterocycles. The van der Waals surface area contributed by atoms with Crippen LogP contribution in [0.2, 0.25) is 0 Å². The molecule has 4 N–H and O–H groups in total. The van der Waals surface area contributed by atoms with E-state index in [0.717, 1.165) is 56.9 Å². The van der Waals surface area contributed by atoms with Crippen LogP contribution < -0.4 is 10.6 Å². The molecule has 1 saturated heterocycles. The molecule has 2 saturated carbocycles. The third-order valence-electron chi connectivity index (χ3n) is 10.7. The van der Waals surface area contributed by atoms with Gasteiger partial charge in [0.1, 0.15) is 37.9 Å². The summed E-state index contributed by atoms with van der Waals surface area (Å²) in [5.74, 6) is -1.85. The van der Waals surface area contributed by atoms with Gasteiger partial charge in [-0.3, -0.25) is 9.59 Å². The zero-order valence-corrected chi connectivity index (χ0v) is 29.6. The summed E-state index contributed by atoms with van der Waals surface area (Å²) in [6.45, 7) is 2.75. The number of aliphatic hydroxyl groups excluding tert-OH is 2. The van der Waals surface area contributed by atoms with Crippen molar-refractivity contribution in [3.63, 3.8) is 0 Å². The van der Waals surface area contributed by atoms with Crippen LogP contribution in [-0.4, -0.2) is 103 Å². The number of rotatable bonds is 18. The highest BCUT2D eigenvalue weighted by atomic mass is 32.2. The normalized spacial score (nSPS) is 22.3. The van der Waals surface area contributed by atoms with E-state index >= 15 is 0 Å². The van der Waals surface area contributed by atoms with E-state index in [0.29, 0.717) is 45.3 Å². The molecule has 0 spiro atoms. The van der Waals surface area contributed by atoms with Gasteiger partial charge in [-0.15, -0.1) is 0 Å². The first-order valence-corrected chi connectivity index (χ1v) is 20.1. The number of benzene rings is 1. The number of ether oxygens (including phenoxy) is 1. The minimum absolute atomic E-state index is 0.190. The van der Waals surface area contributed by atoms with Crippen LogP contribution in [0.3, 0.4) is 0 Å². The summed E-state index contributed by atoms with van der Waals surface area (Å²) in [5, 5.41) is 41.2. The number of morpholine rings is 1. The first-order valence-electron chi connectivity index (χ1n) is 18.4. The van der Waals surface area contributed by atoms with Crippen LogP contribution in [0.25, 0.3) is 0 Å². The number of unbranched alkanes of at least 4 members (excludes halogenated alkanes) is 1. The van der Waals surface area contributed by atoms with Gasteiger partial charge in [-0.2, -0.15) is 0 Å². The number of quaternary nitrogens is 1. The predicted molar refractivity (Wildman–Crippen MR) is 185 cm³/mol. The Bertz CT molecular complexity index is 1230. The Morgan fingerprint density at radius 1 is 0.958 bits per heavy atom. The second-order valence-corrected chi connectivity index (χ2v) is 16.9. The molecule has 1 aliphatic heterocycles. The molecule has 1 heterocycles. The maximum Gasteiger partial charge on any atom is 0.242 e. The number of hydroxylamine groups is 3. The lowest BCUT2D eigenvalue weighted by Crippen LogP contribution is -2.60. The third kappa shape index (κ3) is 11.8. The number of amides is 2. The molecule has 48 heavy (non-hydrogen) atoms. The van der Waals surface area contributed by atoms with Crippen molar-refractivity contribution < 1.29 is 37.6 Å². The fourth-order valence-electron chi connectivity index (χ4n) is 7.68. The lowest BCUT2D eigenvalue weighted by Gasteiger charge is -2.47. The molecular formula is C36H59N3O8S. The lowest BCUT2D eigenvalue weighted by molar-refractivity contribution is -0.892. The van der Waals surface area contributed by atoms with E-state index in [9.17, 15) is 33.4 Å². The fourth-order valence-corrected chi connectivity index (χ4v) is 9.83. The van der Waals surface area contributed by atoms with E-state index in [1.165, 1.54) is 0 Å². The van der Waals surface area contributed by atoms with Gasteiger partial charge in [-0.25, -0.2) is 8.42 Å². The van der Waals surface area contributed by atoms with Crippen LogP contribution in [0, 0.1) is 17.0 Å². The minimum Gasteiger partial charge on any atom is -0.633 e. The summed E-state index contributed by atoms with van der Waals surface area (Å²) in [7, 11) is -3.53. The molecule has 1 aromatic carbocycles. The standard InChI is InChI=1S/C36H59N3O8S/c1-2-3-18-31(37-35(42)29(23-27-12-6-4-7-13-27)26-48(45,46)30-16-10-11-17-30)36(43)38-32(24-28-14-8-5-9-15-28)34(41)33(40)25-39(44)19-21-47-22-20-39/h4,6-7,12-13,28-34,40-41H,2-3,5,8-11,14-26H2,1H3,(H,37,42)(H,38,43)/t29-,31+,32+,33+,34-/m1/s1. The van der Waals surface area contributed by atoms with Crippen molar-refractivity contribution in [2.24, 2.45) is 11.8 Å². The summed E-state index contributed by atoms with van der Waals surface area (Å²) >= 11 is 0. The van der Waals surface area contributed by atoms with Crippen molar-refractivity contribution in [2.75, 3.05) is 38.6 Å². The van der Waals surface area contributed by atoms with E-state index in [1.807, 2.05) is 37.3 Å². The van der Waals surface area contributed by atoms with Gasteiger partial charge in [0.05, 0.1) is 36.2 Å². The molecule has 2 aliphatic carbocycles. The van der Waals surface area contributed by atoms with Gasteiger partial charge in [0.25, 0.3) is 0 Å².